The minimum Gasteiger partial charge on any atom is -0.379 e. The molecule has 0 atom stereocenters. The summed E-state index contributed by atoms with van der Waals surface area (Å²) in [5.41, 5.74) is 2.28. The summed E-state index contributed by atoms with van der Waals surface area (Å²) in [5, 5.41) is 5.63. The van der Waals surface area contributed by atoms with Crippen molar-refractivity contribution in [3.05, 3.63) is 32.5 Å². The number of nitrogens with one attached hydrogen (secondary N) is 1. The van der Waals surface area contributed by atoms with Gasteiger partial charge in [-0.05, 0) is 25.0 Å². The lowest BCUT2D eigenvalue weighted by atomic mass is 10.1. The van der Waals surface area contributed by atoms with Gasteiger partial charge in [-0.3, -0.25) is 15.0 Å². The normalized spacial score (nSPS) is 15.6. The molecule has 0 bridgehead atoms. The van der Waals surface area contributed by atoms with Crippen molar-refractivity contribution in [1.29, 1.82) is 0 Å². The lowest BCUT2D eigenvalue weighted by Crippen LogP contribution is -2.35. The van der Waals surface area contributed by atoms with E-state index in [1.807, 2.05) is 11.4 Å². The minimum atomic E-state index is -0.0577. The van der Waals surface area contributed by atoms with E-state index in [2.05, 4.69) is 29.0 Å². The molecule has 0 unspecified atom stereocenters. The second-order valence-corrected chi connectivity index (χ2v) is 8.04. The number of ether oxygens (including phenoxy) is 1. The Labute approximate surface area is 150 Å². The maximum absolute atomic E-state index is 12.4. The average Bonchev–Trinajstić information content (AvgIpc) is 3.16. The number of hydrogen-bond acceptors (Lipinski definition) is 6. The topological polar surface area (TPSA) is 54.5 Å². The van der Waals surface area contributed by atoms with Crippen LogP contribution in [0, 0.1) is 6.92 Å². The lowest BCUT2D eigenvalue weighted by Gasteiger charge is -2.25. The van der Waals surface area contributed by atoms with Gasteiger partial charge in [0.05, 0.1) is 23.8 Å². The highest BCUT2D eigenvalue weighted by molar-refractivity contribution is 7.15. The zero-order chi connectivity index (χ0) is 16.9. The Bertz CT molecular complexity index is 690. The van der Waals surface area contributed by atoms with Gasteiger partial charge in [-0.1, -0.05) is 13.3 Å². The number of anilines is 1. The first-order valence-corrected chi connectivity index (χ1v) is 10.0. The van der Waals surface area contributed by atoms with Crippen molar-refractivity contribution in [3.8, 4) is 0 Å². The molecule has 1 fully saturated rings. The molecule has 1 saturated heterocycles. The largest absolute Gasteiger partial charge is 0.379 e. The number of hydrogen-bond donors (Lipinski definition) is 1. The van der Waals surface area contributed by atoms with Crippen molar-refractivity contribution in [1.82, 2.24) is 9.88 Å². The summed E-state index contributed by atoms with van der Waals surface area (Å²) >= 11 is 3.05. The van der Waals surface area contributed by atoms with Gasteiger partial charge in [0.15, 0.2) is 5.13 Å². The summed E-state index contributed by atoms with van der Waals surface area (Å²) < 4.78 is 5.36. The molecule has 0 spiro atoms. The Hall–Kier alpha value is -1.28. The molecule has 1 aliphatic heterocycles. The Morgan fingerprint density at radius 3 is 2.96 bits per heavy atom. The number of aryl methyl sites for hydroxylation is 2. The molecule has 0 aliphatic carbocycles. The van der Waals surface area contributed by atoms with E-state index < -0.39 is 0 Å². The van der Waals surface area contributed by atoms with Crippen LogP contribution in [0.4, 0.5) is 5.13 Å². The van der Waals surface area contributed by atoms with Crippen molar-refractivity contribution in [2.75, 3.05) is 31.6 Å². The van der Waals surface area contributed by atoms with Crippen LogP contribution in [-0.2, 0) is 17.7 Å². The second-order valence-electron chi connectivity index (χ2n) is 5.93. The van der Waals surface area contributed by atoms with Gasteiger partial charge in [0.1, 0.15) is 0 Å². The first-order chi connectivity index (χ1) is 11.7. The van der Waals surface area contributed by atoms with E-state index >= 15 is 0 Å². The third-order valence-electron chi connectivity index (χ3n) is 4.03. The van der Waals surface area contributed by atoms with Crippen LogP contribution >= 0.6 is 22.7 Å². The lowest BCUT2D eigenvalue weighted by molar-refractivity contribution is 0.0337. The first kappa shape index (κ1) is 17.5. The molecule has 2 aromatic heterocycles. The summed E-state index contributed by atoms with van der Waals surface area (Å²) in [6, 6.07) is 2.01. The number of carbonyl (C=O) groups is 1. The zero-order valence-corrected chi connectivity index (χ0v) is 15.8. The number of rotatable bonds is 6. The molecule has 3 heterocycles. The SMILES string of the molecule is CCCc1cc(C(=O)Nc2nc(CN3CCOCC3)cs2)sc1C. The van der Waals surface area contributed by atoms with Crippen LogP contribution in [0.15, 0.2) is 11.4 Å². The van der Waals surface area contributed by atoms with E-state index in [9.17, 15) is 4.79 Å². The quantitative estimate of drug-likeness (QED) is 0.850. The highest BCUT2D eigenvalue weighted by Gasteiger charge is 2.16. The van der Waals surface area contributed by atoms with Gasteiger partial charge < -0.3 is 4.74 Å². The van der Waals surface area contributed by atoms with Crippen LogP contribution in [0.1, 0.15) is 39.2 Å². The van der Waals surface area contributed by atoms with Crippen LogP contribution < -0.4 is 5.32 Å². The number of morpholine rings is 1. The predicted octanol–water partition coefficient (Wildman–Crippen LogP) is 3.55. The number of amides is 1. The van der Waals surface area contributed by atoms with Crippen LogP contribution in [0.25, 0.3) is 0 Å². The molecule has 24 heavy (non-hydrogen) atoms. The van der Waals surface area contributed by atoms with Crippen molar-refractivity contribution in [3.63, 3.8) is 0 Å². The Morgan fingerprint density at radius 1 is 1.42 bits per heavy atom. The number of thiazole rings is 1. The first-order valence-electron chi connectivity index (χ1n) is 8.31. The molecule has 2 aromatic rings. The molecule has 1 N–H and O–H groups in total. The van der Waals surface area contributed by atoms with Gasteiger partial charge in [-0.25, -0.2) is 4.98 Å². The standard InChI is InChI=1S/C17H23N3O2S2/c1-3-4-13-9-15(24-12(13)2)16(21)19-17-18-14(11-23-17)10-20-5-7-22-8-6-20/h9,11H,3-8,10H2,1-2H3,(H,18,19,21). The third kappa shape index (κ3) is 4.42. The number of thiophene rings is 1. The summed E-state index contributed by atoms with van der Waals surface area (Å²) in [7, 11) is 0. The van der Waals surface area contributed by atoms with Crippen molar-refractivity contribution in [2.24, 2.45) is 0 Å². The zero-order valence-electron chi connectivity index (χ0n) is 14.1. The van der Waals surface area contributed by atoms with Crippen molar-refractivity contribution >= 4 is 33.7 Å². The van der Waals surface area contributed by atoms with Gasteiger partial charge >= 0.3 is 0 Å². The van der Waals surface area contributed by atoms with Crippen LogP contribution in [0.2, 0.25) is 0 Å². The smallest absolute Gasteiger partial charge is 0.267 e. The molecule has 5 nitrogen and oxygen atoms in total. The minimum absolute atomic E-state index is 0.0577. The van der Waals surface area contributed by atoms with Crippen LogP contribution in [0.5, 0.6) is 0 Å². The van der Waals surface area contributed by atoms with Gasteiger partial charge in [-0.2, -0.15) is 0 Å². The fourth-order valence-electron chi connectivity index (χ4n) is 2.73. The number of aromatic nitrogens is 1. The molecular formula is C17H23N3O2S2. The molecule has 7 heteroatoms. The summed E-state index contributed by atoms with van der Waals surface area (Å²) in [6.45, 7) is 8.49. The molecule has 0 saturated carbocycles. The van der Waals surface area contributed by atoms with E-state index in [0.29, 0.717) is 5.13 Å². The molecule has 130 valence electrons. The number of carbonyl (C=O) groups excluding carboxylic acids is 1. The Morgan fingerprint density at radius 2 is 2.21 bits per heavy atom. The van der Waals surface area contributed by atoms with E-state index in [-0.39, 0.29) is 5.91 Å². The van der Waals surface area contributed by atoms with Crippen molar-refractivity contribution in [2.45, 2.75) is 33.2 Å². The molecule has 1 amide bonds. The fourth-order valence-corrected chi connectivity index (χ4v) is 4.40. The Kier molecular flexibility index (Phi) is 5.99. The third-order valence-corrected chi connectivity index (χ3v) is 5.92. The second kappa shape index (κ2) is 8.20. The average molecular weight is 366 g/mol. The maximum Gasteiger partial charge on any atom is 0.267 e. The van der Waals surface area contributed by atoms with E-state index in [0.717, 1.165) is 56.3 Å². The molecule has 1 aliphatic rings. The highest BCUT2D eigenvalue weighted by atomic mass is 32.1. The summed E-state index contributed by atoms with van der Waals surface area (Å²) in [5.74, 6) is -0.0577. The fraction of sp³-hybridized carbons (Fsp3) is 0.529. The number of nitrogens with zero attached hydrogens (tertiary/aromatic N) is 2. The summed E-state index contributed by atoms with van der Waals surface area (Å²) in [6.07, 6.45) is 2.12. The van der Waals surface area contributed by atoms with Gasteiger partial charge in [0.2, 0.25) is 0 Å². The van der Waals surface area contributed by atoms with Crippen LogP contribution in [0.3, 0.4) is 0 Å². The van der Waals surface area contributed by atoms with Crippen LogP contribution in [-0.4, -0.2) is 42.1 Å². The van der Waals surface area contributed by atoms with E-state index in [1.165, 1.54) is 21.8 Å². The molecule has 0 aromatic carbocycles. The predicted molar refractivity (Wildman–Crippen MR) is 99.2 cm³/mol. The van der Waals surface area contributed by atoms with Crippen molar-refractivity contribution < 1.29 is 9.53 Å². The molecule has 0 radical (unpaired) electrons. The molecular weight excluding hydrogens is 342 g/mol. The highest BCUT2D eigenvalue weighted by Crippen LogP contribution is 2.25. The van der Waals surface area contributed by atoms with Gasteiger partial charge in [-0.15, -0.1) is 22.7 Å². The summed E-state index contributed by atoms with van der Waals surface area (Å²) in [4.78, 5) is 21.3. The van der Waals surface area contributed by atoms with Gasteiger partial charge in [0, 0.05) is 29.9 Å². The monoisotopic (exact) mass is 365 g/mol. The molecule has 3 rings (SSSR count). The van der Waals surface area contributed by atoms with E-state index in [4.69, 9.17) is 4.74 Å². The van der Waals surface area contributed by atoms with E-state index in [1.54, 1.807) is 11.3 Å². The Balaban J connectivity index is 1.59. The maximum atomic E-state index is 12.4. The van der Waals surface area contributed by atoms with Gasteiger partial charge in [0.25, 0.3) is 5.91 Å².